The summed E-state index contributed by atoms with van der Waals surface area (Å²) in [6.45, 7) is 4.10. The Labute approximate surface area is 219 Å². The first-order chi connectivity index (χ1) is 18.0. The summed E-state index contributed by atoms with van der Waals surface area (Å²) in [4.78, 5) is 11.2. The quantitative estimate of drug-likeness (QED) is 0.124. The smallest absolute Gasteiger partial charge is 0.220 e. The molecule has 7 nitrogen and oxygen atoms in total. The van der Waals surface area contributed by atoms with Crippen LogP contribution in [-0.4, -0.2) is 26.2 Å². The van der Waals surface area contributed by atoms with Crippen molar-refractivity contribution in [2.75, 3.05) is 6.54 Å². The number of nitro groups is 1. The number of aromatic nitrogens is 3. The second kappa shape index (κ2) is 10.8. The zero-order chi connectivity index (χ0) is 25.8. The van der Waals surface area contributed by atoms with E-state index in [-0.39, 0.29) is 11.5 Å². The SMILES string of the molecule is Cc1cccc(-n2c(C)nnc2S[C@H](C[N+](=O)[O-])c2ccc(OCc3cccc4ccccc34)cc2)c1. The predicted octanol–water partition coefficient (Wildman–Crippen LogP) is 6.73. The monoisotopic (exact) mass is 510 g/mol. The van der Waals surface area contributed by atoms with Crippen LogP contribution in [0.5, 0.6) is 5.75 Å². The normalized spacial score (nSPS) is 11.9. The van der Waals surface area contributed by atoms with Crippen LogP contribution >= 0.6 is 11.8 Å². The molecule has 0 aliphatic carbocycles. The summed E-state index contributed by atoms with van der Waals surface area (Å²) in [7, 11) is 0. The lowest BCUT2D eigenvalue weighted by atomic mass is 10.1. The van der Waals surface area contributed by atoms with Gasteiger partial charge in [-0.15, -0.1) is 10.2 Å². The Morgan fingerprint density at radius 1 is 0.946 bits per heavy atom. The first-order valence-corrected chi connectivity index (χ1v) is 12.8. The minimum absolute atomic E-state index is 0.236. The third-order valence-electron chi connectivity index (χ3n) is 6.14. The summed E-state index contributed by atoms with van der Waals surface area (Å²) in [6.07, 6.45) is 0. The summed E-state index contributed by atoms with van der Waals surface area (Å²) in [5.74, 6) is 1.44. The van der Waals surface area contributed by atoms with Gasteiger partial charge in [0, 0.05) is 10.6 Å². The Hall–Kier alpha value is -4.17. The average molecular weight is 511 g/mol. The van der Waals surface area contributed by atoms with Crippen molar-refractivity contribution in [2.24, 2.45) is 0 Å². The molecular formula is C29H26N4O3S. The third-order valence-corrected chi connectivity index (χ3v) is 7.32. The van der Waals surface area contributed by atoms with E-state index < -0.39 is 5.25 Å². The molecule has 0 bridgehead atoms. The van der Waals surface area contributed by atoms with Gasteiger partial charge in [0.2, 0.25) is 6.54 Å². The number of thioether (sulfide) groups is 1. The second-order valence-electron chi connectivity index (χ2n) is 8.82. The number of rotatable bonds is 9. The topological polar surface area (TPSA) is 83.1 Å². The molecule has 0 amide bonds. The molecule has 0 saturated carbocycles. The first-order valence-electron chi connectivity index (χ1n) is 11.9. The van der Waals surface area contributed by atoms with Gasteiger partial charge in [-0.1, -0.05) is 78.5 Å². The van der Waals surface area contributed by atoms with E-state index in [2.05, 4.69) is 34.5 Å². The minimum Gasteiger partial charge on any atom is -0.489 e. The molecule has 0 spiro atoms. The van der Waals surface area contributed by atoms with Crippen molar-refractivity contribution in [3.63, 3.8) is 0 Å². The van der Waals surface area contributed by atoms with Crippen molar-refractivity contribution >= 4 is 22.5 Å². The van der Waals surface area contributed by atoms with Gasteiger partial charge >= 0.3 is 0 Å². The maximum absolute atomic E-state index is 11.5. The van der Waals surface area contributed by atoms with Crippen molar-refractivity contribution in [3.8, 4) is 11.4 Å². The highest BCUT2D eigenvalue weighted by Crippen LogP contribution is 2.36. The molecule has 5 rings (SSSR count). The van der Waals surface area contributed by atoms with E-state index in [0.717, 1.165) is 33.6 Å². The molecule has 0 aliphatic rings. The largest absolute Gasteiger partial charge is 0.489 e. The Morgan fingerprint density at radius 3 is 2.49 bits per heavy atom. The molecule has 0 unspecified atom stereocenters. The number of fused-ring (bicyclic) bond motifs is 1. The molecule has 1 aromatic heterocycles. The van der Waals surface area contributed by atoms with Gasteiger partial charge in [0.25, 0.3) is 0 Å². The van der Waals surface area contributed by atoms with Crippen molar-refractivity contribution in [1.82, 2.24) is 14.8 Å². The van der Waals surface area contributed by atoms with Crippen LogP contribution in [0.1, 0.15) is 27.8 Å². The lowest BCUT2D eigenvalue weighted by Gasteiger charge is -2.15. The molecular weight excluding hydrogens is 484 g/mol. The number of hydrogen-bond donors (Lipinski definition) is 0. The van der Waals surface area contributed by atoms with E-state index in [1.165, 1.54) is 17.1 Å². The number of aryl methyl sites for hydroxylation is 2. The summed E-state index contributed by atoms with van der Waals surface area (Å²) in [5.41, 5.74) is 3.98. The molecule has 0 aliphatic heterocycles. The molecule has 0 radical (unpaired) electrons. The highest BCUT2D eigenvalue weighted by atomic mass is 32.2. The van der Waals surface area contributed by atoms with Gasteiger partial charge in [0.15, 0.2) is 5.16 Å². The van der Waals surface area contributed by atoms with Gasteiger partial charge in [-0.3, -0.25) is 14.7 Å². The van der Waals surface area contributed by atoms with Gasteiger partial charge in [0.1, 0.15) is 23.4 Å². The predicted molar refractivity (Wildman–Crippen MR) is 146 cm³/mol. The van der Waals surface area contributed by atoms with Gasteiger partial charge in [-0.2, -0.15) is 0 Å². The molecule has 4 aromatic carbocycles. The lowest BCUT2D eigenvalue weighted by molar-refractivity contribution is -0.479. The van der Waals surface area contributed by atoms with E-state index in [9.17, 15) is 10.1 Å². The van der Waals surface area contributed by atoms with Crippen LogP contribution in [-0.2, 0) is 6.61 Å². The lowest BCUT2D eigenvalue weighted by Crippen LogP contribution is -2.11. The fourth-order valence-corrected chi connectivity index (χ4v) is 5.49. The van der Waals surface area contributed by atoms with E-state index >= 15 is 0 Å². The summed E-state index contributed by atoms with van der Waals surface area (Å²) in [6, 6.07) is 29.9. The fourth-order valence-electron chi connectivity index (χ4n) is 4.32. The molecule has 5 aromatic rings. The zero-order valence-corrected chi connectivity index (χ0v) is 21.4. The van der Waals surface area contributed by atoms with Gasteiger partial charge < -0.3 is 4.74 Å². The molecule has 1 atom stereocenters. The average Bonchev–Trinajstić information content (AvgIpc) is 3.26. The van der Waals surface area contributed by atoms with Crippen LogP contribution in [0.3, 0.4) is 0 Å². The molecule has 0 saturated heterocycles. The first kappa shape index (κ1) is 24.5. The van der Waals surface area contributed by atoms with Crippen LogP contribution < -0.4 is 4.74 Å². The standard InChI is InChI=1S/C29H26N4O3S/c1-20-7-5-11-25(17-20)33-21(2)30-31-29(33)37-28(18-32(34)35)23-13-15-26(16-14-23)36-19-24-10-6-9-22-8-3-4-12-27(22)24/h3-17,28H,18-19H2,1-2H3/t28-/m1/s1. The van der Waals surface area contributed by atoms with Crippen molar-refractivity contribution < 1.29 is 9.66 Å². The number of nitrogens with zero attached hydrogens (tertiary/aromatic N) is 4. The Morgan fingerprint density at radius 2 is 1.70 bits per heavy atom. The highest BCUT2D eigenvalue weighted by Gasteiger charge is 2.24. The van der Waals surface area contributed by atoms with Crippen molar-refractivity contribution in [3.05, 3.63) is 124 Å². The molecule has 37 heavy (non-hydrogen) atoms. The number of benzene rings is 4. The van der Waals surface area contributed by atoms with Gasteiger partial charge in [-0.05, 0) is 65.6 Å². The molecule has 1 heterocycles. The minimum atomic E-state index is -0.436. The number of ether oxygens (including phenoxy) is 1. The zero-order valence-electron chi connectivity index (χ0n) is 20.6. The van der Waals surface area contributed by atoms with E-state index in [1.807, 2.05) is 85.1 Å². The third kappa shape index (κ3) is 5.65. The van der Waals surface area contributed by atoms with Crippen molar-refractivity contribution in [2.45, 2.75) is 30.9 Å². The van der Waals surface area contributed by atoms with Gasteiger partial charge in [-0.25, -0.2) is 0 Å². The van der Waals surface area contributed by atoms with Gasteiger partial charge in [0.05, 0.1) is 0 Å². The maximum atomic E-state index is 11.5. The summed E-state index contributed by atoms with van der Waals surface area (Å²) < 4.78 is 8.00. The highest BCUT2D eigenvalue weighted by molar-refractivity contribution is 7.99. The van der Waals surface area contributed by atoms with E-state index in [0.29, 0.717) is 17.5 Å². The Kier molecular flexibility index (Phi) is 7.18. The molecule has 0 fully saturated rings. The van der Waals surface area contributed by atoms with Crippen LogP contribution in [0.15, 0.2) is 96.2 Å². The Balaban J connectivity index is 1.35. The van der Waals surface area contributed by atoms with Crippen LogP contribution in [0.2, 0.25) is 0 Å². The molecule has 8 heteroatoms. The summed E-state index contributed by atoms with van der Waals surface area (Å²) >= 11 is 1.34. The number of hydrogen-bond acceptors (Lipinski definition) is 6. The van der Waals surface area contributed by atoms with Crippen LogP contribution in [0, 0.1) is 24.0 Å². The van der Waals surface area contributed by atoms with Crippen LogP contribution in [0.25, 0.3) is 16.5 Å². The van der Waals surface area contributed by atoms with E-state index in [1.54, 1.807) is 0 Å². The Bertz CT molecular complexity index is 1540. The molecule has 186 valence electrons. The maximum Gasteiger partial charge on any atom is 0.220 e. The van der Waals surface area contributed by atoms with Crippen molar-refractivity contribution in [1.29, 1.82) is 0 Å². The van der Waals surface area contributed by atoms with Crippen LogP contribution in [0.4, 0.5) is 0 Å². The summed E-state index contributed by atoms with van der Waals surface area (Å²) in [5, 5.41) is 22.6. The second-order valence-corrected chi connectivity index (χ2v) is 9.99. The van der Waals surface area contributed by atoms with E-state index in [4.69, 9.17) is 4.74 Å². The fraction of sp³-hybridized carbons (Fsp3) is 0.172. The molecule has 0 N–H and O–H groups in total.